The molecule has 2 amide bonds. The standard InChI is InChI=1S/C14H26N2O2S/c1-3-16(4-2)14(18)7-5-6-13(17)15-12-8-10-19-11-9-12/h12H,3-11H2,1-2H3,(H,15,17). The Morgan fingerprint density at radius 2 is 1.79 bits per heavy atom. The summed E-state index contributed by atoms with van der Waals surface area (Å²) in [6.45, 7) is 5.47. The van der Waals surface area contributed by atoms with Gasteiger partial charge >= 0.3 is 0 Å². The number of carbonyl (C=O) groups is 2. The molecule has 0 unspecified atom stereocenters. The predicted molar refractivity (Wildman–Crippen MR) is 80.3 cm³/mol. The molecule has 1 N–H and O–H groups in total. The van der Waals surface area contributed by atoms with Crippen molar-refractivity contribution in [2.45, 2.75) is 52.0 Å². The van der Waals surface area contributed by atoms with E-state index in [1.54, 1.807) is 0 Å². The molecule has 0 saturated carbocycles. The van der Waals surface area contributed by atoms with Crippen LogP contribution in [-0.2, 0) is 9.59 Å². The number of nitrogens with one attached hydrogen (secondary N) is 1. The summed E-state index contributed by atoms with van der Waals surface area (Å²) >= 11 is 1.95. The van der Waals surface area contributed by atoms with Gasteiger partial charge in [-0.3, -0.25) is 9.59 Å². The van der Waals surface area contributed by atoms with Crippen LogP contribution >= 0.6 is 11.8 Å². The van der Waals surface area contributed by atoms with Gasteiger partial charge in [-0.1, -0.05) is 0 Å². The lowest BCUT2D eigenvalue weighted by Gasteiger charge is -2.22. The van der Waals surface area contributed by atoms with E-state index >= 15 is 0 Å². The van der Waals surface area contributed by atoms with Crippen molar-refractivity contribution in [3.63, 3.8) is 0 Å². The minimum atomic E-state index is 0.101. The lowest BCUT2D eigenvalue weighted by Crippen LogP contribution is -2.37. The third-order valence-corrected chi connectivity index (χ3v) is 4.55. The molecule has 1 aliphatic rings. The molecule has 1 aliphatic heterocycles. The smallest absolute Gasteiger partial charge is 0.222 e. The number of nitrogens with zero attached hydrogens (tertiary/aromatic N) is 1. The van der Waals surface area contributed by atoms with Gasteiger partial charge in [0.05, 0.1) is 0 Å². The van der Waals surface area contributed by atoms with Crippen molar-refractivity contribution in [1.29, 1.82) is 0 Å². The van der Waals surface area contributed by atoms with Gasteiger partial charge < -0.3 is 10.2 Å². The first kappa shape index (κ1) is 16.3. The van der Waals surface area contributed by atoms with Crippen molar-refractivity contribution in [2.24, 2.45) is 0 Å². The van der Waals surface area contributed by atoms with Gasteiger partial charge in [0, 0.05) is 32.0 Å². The lowest BCUT2D eigenvalue weighted by atomic mass is 10.1. The zero-order valence-electron chi connectivity index (χ0n) is 12.1. The Morgan fingerprint density at radius 3 is 2.37 bits per heavy atom. The van der Waals surface area contributed by atoms with Crippen LogP contribution in [0, 0.1) is 0 Å². The first-order valence-electron chi connectivity index (χ1n) is 7.32. The zero-order chi connectivity index (χ0) is 14.1. The van der Waals surface area contributed by atoms with Crippen LogP contribution in [0.1, 0.15) is 46.0 Å². The lowest BCUT2D eigenvalue weighted by molar-refractivity contribution is -0.131. The molecule has 0 aromatic carbocycles. The highest BCUT2D eigenvalue weighted by Gasteiger charge is 2.16. The van der Waals surface area contributed by atoms with Crippen molar-refractivity contribution < 1.29 is 9.59 Å². The number of carbonyl (C=O) groups excluding carboxylic acids is 2. The summed E-state index contributed by atoms with van der Waals surface area (Å²) in [4.78, 5) is 25.3. The molecule has 0 aromatic rings. The number of thioether (sulfide) groups is 1. The molecular formula is C14H26N2O2S. The van der Waals surface area contributed by atoms with Gasteiger partial charge in [0.15, 0.2) is 0 Å². The van der Waals surface area contributed by atoms with E-state index in [-0.39, 0.29) is 11.8 Å². The number of hydrogen-bond donors (Lipinski definition) is 1. The van der Waals surface area contributed by atoms with Gasteiger partial charge in [0.2, 0.25) is 11.8 Å². The largest absolute Gasteiger partial charge is 0.353 e. The van der Waals surface area contributed by atoms with Crippen molar-refractivity contribution in [2.75, 3.05) is 24.6 Å². The van der Waals surface area contributed by atoms with E-state index in [0.29, 0.717) is 25.3 Å². The quantitative estimate of drug-likeness (QED) is 0.779. The van der Waals surface area contributed by atoms with E-state index in [1.165, 1.54) is 0 Å². The molecule has 1 rings (SSSR count). The maximum Gasteiger partial charge on any atom is 0.222 e. The fraction of sp³-hybridized carbons (Fsp3) is 0.857. The molecule has 4 nitrogen and oxygen atoms in total. The Morgan fingerprint density at radius 1 is 1.16 bits per heavy atom. The average molecular weight is 286 g/mol. The first-order valence-corrected chi connectivity index (χ1v) is 8.47. The monoisotopic (exact) mass is 286 g/mol. The van der Waals surface area contributed by atoms with Crippen molar-refractivity contribution >= 4 is 23.6 Å². The normalized spacial score (nSPS) is 16.1. The Balaban J connectivity index is 2.14. The van der Waals surface area contributed by atoms with E-state index in [9.17, 15) is 9.59 Å². The Labute approximate surface area is 120 Å². The summed E-state index contributed by atoms with van der Waals surface area (Å²) in [6, 6.07) is 0.354. The third kappa shape index (κ3) is 6.32. The summed E-state index contributed by atoms with van der Waals surface area (Å²) in [7, 11) is 0. The Bertz CT molecular complexity index is 287. The number of amides is 2. The fourth-order valence-corrected chi connectivity index (χ4v) is 3.38. The van der Waals surface area contributed by atoms with Gasteiger partial charge in [-0.15, -0.1) is 0 Å². The van der Waals surface area contributed by atoms with Crippen molar-refractivity contribution in [3.05, 3.63) is 0 Å². The van der Waals surface area contributed by atoms with Gasteiger partial charge in [0.1, 0.15) is 0 Å². The van der Waals surface area contributed by atoms with Crippen LogP contribution in [0.3, 0.4) is 0 Å². The molecule has 0 aliphatic carbocycles. The van der Waals surface area contributed by atoms with Crippen molar-refractivity contribution in [3.8, 4) is 0 Å². The molecule has 0 atom stereocenters. The highest BCUT2D eigenvalue weighted by molar-refractivity contribution is 7.99. The van der Waals surface area contributed by atoms with Crippen molar-refractivity contribution in [1.82, 2.24) is 10.2 Å². The molecular weight excluding hydrogens is 260 g/mol. The van der Waals surface area contributed by atoms with E-state index in [2.05, 4.69) is 5.32 Å². The SMILES string of the molecule is CCN(CC)C(=O)CCCC(=O)NC1CCSCC1. The second kappa shape index (κ2) is 9.23. The van der Waals surface area contributed by atoms with E-state index in [1.807, 2.05) is 30.5 Å². The van der Waals surface area contributed by atoms with Crippen LogP contribution in [-0.4, -0.2) is 47.4 Å². The van der Waals surface area contributed by atoms with Gasteiger partial charge in [-0.25, -0.2) is 0 Å². The Hall–Kier alpha value is -0.710. The second-order valence-electron chi connectivity index (χ2n) is 4.87. The molecule has 19 heavy (non-hydrogen) atoms. The molecule has 0 radical (unpaired) electrons. The molecule has 0 spiro atoms. The summed E-state index contributed by atoms with van der Waals surface area (Å²) in [5.41, 5.74) is 0. The first-order chi connectivity index (χ1) is 9.17. The minimum absolute atomic E-state index is 0.101. The average Bonchev–Trinajstić information content (AvgIpc) is 2.41. The fourth-order valence-electron chi connectivity index (χ4n) is 2.28. The van der Waals surface area contributed by atoms with Gasteiger partial charge in [-0.2, -0.15) is 11.8 Å². The summed E-state index contributed by atoms with van der Waals surface area (Å²) in [5, 5.41) is 3.07. The predicted octanol–water partition coefficient (Wildman–Crippen LogP) is 2.04. The summed E-state index contributed by atoms with van der Waals surface area (Å²) in [5.74, 6) is 2.55. The number of hydrogen-bond acceptors (Lipinski definition) is 3. The molecule has 5 heteroatoms. The summed E-state index contributed by atoms with van der Waals surface area (Å²) in [6.07, 6.45) is 3.76. The maximum atomic E-state index is 11.8. The van der Waals surface area contributed by atoms with Crippen LogP contribution in [0.5, 0.6) is 0 Å². The van der Waals surface area contributed by atoms with E-state index in [0.717, 1.165) is 37.4 Å². The van der Waals surface area contributed by atoms with E-state index in [4.69, 9.17) is 0 Å². The van der Waals surface area contributed by atoms with Gasteiger partial charge in [0.25, 0.3) is 0 Å². The summed E-state index contributed by atoms with van der Waals surface area (Å²) < 4.78 is 0. The molecule has 0 bridgehead atoms. The van der Waals surface area contributed by atoms with Gasteiger partial charge in [-0.05, 0) is 44.6 Å². The topological polar surface area (TPSA) is 49.4 Å². The maximum absolute atomic E-state index is 11.8. The van der Waals surface area contributed by atoms with Crippen LogP contribution in [0.15, 0.2) is 0 Å². The number of rotatable bonds is 7. The molecule has 1 heterocycles. The van der Waals surface area contributed by atoms with Crippen LogP contribution in [0.2, 0.25) is 0 Å². The van der Waals surface area contributed by atoms with E-state index < -0.39 is 0 Å². The molecule has 1 fully saturated rings. The highest BCUT2D eigenvalue weighted by atomic mass is 32.2. The molecule has 0 aromatic heterocycles. The third-order valence-electron chi connectivity index (χ3n) is 3.50. The van der Waals surface area contributed by atoms with Crippen LogP contribution in [0.4, 0.5) is 0 Å². The Kier molecular flexibility index (Phi) is 7.94. The second-order valence-corrected chi connectivity index (χ2v) is 6.10. The zero-order valence-corrected chi connectivity index (χ0v) is 12.9. The minimum Gasteiger partial charge on any atom is -0.353 e. The highest BCUT2D eigenvalue weighted by Crippen LogP contribution is 2.17. The van der Waals surface area contributed by atoms with Crippen LogP contribution < -0.4 is 5.32 Å². The molecule has 1 saturated heterocycles. The molecule has 110 valence electrons. The van der Waals surface area contributed by atoms with Crippen LogP contribution in [0.25, 0.3) is 0 Å².